The van der Waals surface area contributed by atoms with Gasteiger partial charge in [0.05, 0.1) is 5.69 Å². The van der Waals surface area contributed by atoms with Crippen molar-refractivity contribution in [3.8, 4) is 22.5 Å². The van der Waals surface area contributed by atoms with Crippen LogP contribution in [-0.2, 0) is 12.8 Å². The Balaban J connectivity index is 1.21. The molecule has 4 aromatic heterocycles. The molecule has 0 amide bonds. The maximum absolute atomic E-state index is 14.3. The second-order valence-corrected chi connectivity index (χ2v) is 11.3. The molecule has 12 nitrogen and oxygen atoms in total. The van der Waals surface area contributed by atoms with Gasteiger partial charge in [0.15, 0.2) is 5.82 Å². The monoisotopic (exact) mass is 592 g/mol. The Labute approximate surface area is 251 Å². The lowest BCUT2D eigenvalue weighted by Gasteiger charge is -2.29. The molecule has 0 atom stereocenters. The van der Waals surface area contributed by atoms with Gasteiger partial charge in [-0.25, -0.2) is 9.31 Å². The van der Waals surface area contributed by atoms with Gasteiger partial charge < -0.3 is 4.42 Å². The third kappa shape index (κ3) is 5.06. The first-order chi connectivity index (χ1) is 21.5. The molecule has 0 bridgehead atoms. The first-order valence-corrected chi connectivity index (χ1v) is 15.0. The van der Waals surface area contributed by atoms with Gasteiger partial charge in [-0.2, -0.15) is 10.1 Å². The summed E-state index contributed by atoms with van der Waals surface area (Å²) in [6.07, 6.45) is 6.94. The molecule has 6 aromatic rings. The molecule has 0 aliphatic heterocycles. The summed E-state index contributed by atoms with van der Waals surface area (Å²) in [6.45, 7) is 3.91. The van der Waals surface area contributed by atoms with E-state index in [4.69, 9.17) is 8.94 Å². The molecule has 0 unspecified atom stereocenters. The van der Waals surface area contributed by atoms with Crippen molar-refractivity contribution in [2.24, 2.45) is 0 Å². The second-order valence-electron chi connectivity index (χ2n) is 11.3. The molecular formula is C32H32N8O4. The number of nitrogens with zero attached hydrogens (tertiary/aromatic N) is 7. The third-order valence-electron chi connectivity index (χ3n) is 8.53. The normalized spacial score (nSPS) is 17.0. The summed E-state index contributed by atoms with van der Waals surface area (Å²) in [7, 11) is 0. The summed E-state index contributed by atoms with van der Waals surface area (Å²) in [4.78, 5) is 33.1. The zero-order valence-electron chi connectivity index (χ0n) is 24.6. The summed E-state index contributed by atoms with van der Waals surface area (Å²) >= 11 is 0. The lowest BCUT2D eigenvalue weighted by atomic mass is 9.85. The summed E-state index contributed by atoms with van der Waals surface area (Å²) in [5, 5.41) is 16.7. The average Bonchev–Trinajstić information content (AvgIpc) is 3.81. The van der Waals surface area contributed by atoms with E-state index < -0.39 is 5.76 Å². The van der Waals surface area contributed by atoms with Crippen LogP contribution in [0.2, 0.25) is 0 Å². The molecule has 1 N–H and O–H groups in total. The number of H-pyrrole nitrogens is 1. The molecule has 224 valence electrons. The number of hydrogen-bond acceptors (Lipinski definition) is 9. The fourth-order valence-electron chi connectivity index (χ4n) is 6.43. The van der Waals surface area contributed by atoms with Crippen LogP contribution in [-0.4, -0.2) is 39.5 Å². The molecule has 2 aromatic carbocycles. The van der Waals surface area contributed by atoms with Crippen molar-refractivity contribution in [3.05, 3.63) is 104 Å². The molecule has 0 saturated heterocycles. The van der Waals surface area contributed by atoms with E-state index in [0.717, 1.165) is 72.0 Å². The summed E-state index contributed by atoms with van der Waals surface area (Å²) in [5.41, 5.74) is 5.29. The average molecular weight is 593 g/mol. The lowest BCUT2D eigenvalue weighted by molar-refractivity contribution is 0.287. The smallest absolute Gasteiger partial charge is 0.425 e. The largest absolute Gasteiger partial charge is 0.439 e. The zero-order valence-corrected chi connectivity index (χ0v) is 24.6. The summed E-state index contributed by atoms with van der Waals surface area (Å²) in [5.74, 6) is 1.82. The SMILES string of the molecule is CCCc1c(Cc2ccc(-c3ccccc3-c3noc(=O)[nH]3)cc2)c(=O)n(C2CCC(c3nnc(C)o3)CC2)c2ncnn12. The van der Waals surface area contributed by atoms with Gasteiger partial charge in [-0.3, -0.25) is 18.9 Å². The van der Waals surface area contributed by atoms with E-state index in [9.17, 15) is 9.59 Å². The number of aromatic amines is 1. The van der Waals surface area contributed by atoms with Gasteiger partial charge >= 0.3 is 5.76 Å². The van der Waals surface area contributed by atoms with Gasteiger partial charge in [0.1, 0.15) is 6.33 Å². The Morgan fingerprint density at radius 2 is 1.75 bits per heavy atom. The minimum Gasteiger partial charge on any atom is -0.425 e. The van der Waals surface area contributed by atoms with Crippen molar-refractivity contribution in [1.29, 1.82) is 0 Å². The minimum atomic E-state index is -0.599. The van der Waals surface area contributed by atoms with E-state index >= 15 is 0 Å². The van der Waals surface area contributed by atoms with Crippen molar-refractivity contribution >= 4 is 5.78 Å². The van der Waals surface area contributed by atoms with Gasteiger partial charge in [0, 0.05) is 36.4 Å². The molecule has 12 heteroatoms. The van der Waals surface area contributed by atoms with Gasteiger partial charge in [0.25, 0.3) is 5.56 Å². The summed E-state index contributed by atoms with van der Waals surface area (Å²) < 4.78 is 14.1. The first-order valence-electron chi connectivity index (χ1n) is 15.0. The first kappa shape index (κ1) is 27.7. The number of rotatable bonds is 8. The molecule has 0 radical (unpaired) electrons. The van der Waals surface area contributed by atoms with Crippen LogP contribution in [0.25, 0.3) is 28.3 Å². The topological polar surface area (TPSA) is 150 Å². The van der Waals surface area contributed by atoms with Crippen molar-refractivity contribution in [1.82, 2.24) is 39.5 Å². The van der Waals surface area contributed by atoms with Crippen LogP contribution in [0.5, 0.6) is 0 Å². The molecular weight excluding hydrogens is 560 g/mol. The quantitative estimate of drug-likeness (QED) is 0.256. The number of aromatic nitrogens is 8. The number of fused-ring (bicyclic) bond motifs is 1. The van der Waals surface area contributed by atoms with Crippen LogP contribution in [0.4, 0.5) is 0 Å². The second kappa shape index (κ2) is 11.5. The van der Waals surface area contributed by atoms with Gasteiger partial charge in [0.2, 0.25) is 17.6 Å². The maximum Gasteiger partial charge on any atom is 0.439 e. The van der Waals surface area contributed by atoms with Gasteiger partial charge in [-0.05, 0) is 48.8 Å². The van der Waals surface area contributed by atoms with Crippen LogP contribution < -0.4 is 11.3 Å². The van der Waals surface area contributed by atoms with Crippen LogP contribution in [0.15, 0.2) is 73.4 Å². The van der Waals surface area contributed by atoms with Crippen molar-refractivity contribution in [3.63, 3.8) is 0 Å². The molecule has 1 aliphatic carbocycles. The third-order valence-corrected chi connectivity index (χ3v) is 8.53. The highest BCUT2D eigenvalue weighted by atomic mass is 16.5. The summed E-state index contributed by atoms with van der Waals surface area (Å²) in [6, 6.07) is 15.8. The van der Waals surface area contributed by atoms with Crippen LogP contribution in [0, 0.1) is 6.92 Å². The molecule has 1 aliphatic rings. The minimum absolute atomic E-state index is 0.00422. The number of nitrogens with one attached hydrogen (secondary N) is 1. The van der Waals surface area contributed by atoms with Gasteiger partial charge in [-0.1, -0.05) is 67.0 Å². The highest BCUT2D eigenvalue weighted by molar-refractivity contribution is 5.80. The highest BCUT2D eigenvalue weighted by Gasteiger charge is 2.30. The number of benzene rings is 2. The lowest BCUT2D eigenvalue weighted by Crippen LogP contribution is -2.34. The van der Waals surface area contributed by atoms with E-state index in [1.54, 1.807) is 6.92 Å². The van der Waals surface area contributed by atoms with Crippen molar-refractivity contribution in [2.45, 2.75) is 70.8 Å². The highest BCUT2D eigenvalue weighted by Crippen LogP contribution is 2.38. The predicted molar refractivity (Wildman–Crippen MR) is 161 cm³/mol. The predicted octanol–water partition coefficient (Wildman–Crippen LogP) is 5.03. The molecule has 1 saturated carbocycles. The van der Waals surface area contributed by atoms with Crippen LogP contribution in [0.1, 0.15) is 79.6 Å². The molecule has 0 spiro atoms. The molecule has 44 heavy (non-hydrogen) atoms. The maximum atomic E-state index is 14.3. The van der Waals surface area contributed by atoms with Crippen LogP contribution >= 0.6 is 0 Å². The number of hydrogen-bond donors (Lipinski definition) is 1. The fraction of sp³-hybridized carbons (Fsp3) is 0.344. The van der Waals surface area contributed by atoms with E-state index in [0.29, 0.717) is 29.8 Å². The van der Waals surface area contributed by atoms with E-state index in [-0.39, 0.29) is 17.5 Å². The number of aryl methyl sites for hydroxylation is 2. The Kier molecular flexibility index (Phi) is 7.24. The Bertz CT molecular complexity index is 2040. The Morgan fingerprint density at radius 1 is 0.977 bits per heavy atom. The molecule has 1 fully saturated rings. The molecule has 7 rings (SSSR count). The zero-order chi connectivity index (χ0) is 30.2. The fourth-order valence-corrected chi connectivity index (χ4v) is 6.43. The van der Waals surface area contributed by atoms with Crippen molar-refractivity contribution in [2.75, 3.05) is 0 Å². The van der Waals surface area contributed by atoms with Crippen LogP contribution in [0.3, 0.4) is 0 Å². The standard InChI is InChI=1S/C32H32N8O4/c1-3-6-27-26(17-20-9-11-21(12-10-20)24-7-4-5-8-25(24)28-35-32(42)44-38-28)30(41)39(31-33-18-34-40(27)31)23-15-13-22(14-16-23)29-37-36-19(2)43-29/h4-5,7-12,18,22-23H,3,6,13-17H2,1-2H3,(H,35,38,42). The Hall–Kier alpha value is -5.13. The van der Waals surface area contributed by atoms with E-state index in [2.05, 4.69) is 37.3 Å². The Morgan fingerprint density at radius 3 is 2.43 bits per heavy atom. The molecule has 4 heterocycles. The van der Waals surface area contributed by atoms with Gasteiger partial charge in [-0.15, -0.1) is 10.2 Å². The van der Waals surface area contributed by atoms with E-state index in [1.165, 1.54) is 6.33 Å². The van der Waals surface area contributed by atoms with E-state index in [1.807, 2.05) is 57.6 Å². The van der Waals surface area contributed by atoms with Crippen molar-refractivity contribution < 1.29 is 8.94 Å².